The van der Waals surface area contributed by atoms with E-state index in [0.717, 1.165) is 16.8 Å². The van der Waals surface area contributed by atoms with Gasteiger partial charge in [-0.25, -0.2) is 0 Å². The van der Waals surface area contributed by atoms with Crippen molar-refractivity contribution in [2.24, 2.45) is 5.73 Å². The second-order valence-electron chi connectivity index (χ2n) is 5.88. The van der Waals surface area contributed by atoms with Crippen LogP contribution in [0.1, 0.15) is 24.5 Å². The summed E-state index contributed by atoms with van der Waals surface area (Å²) in [7, 11) is 0. The fourth-order valence-electron chi connectivity index (χ4n) is 2.46. The average molecular weight is 347 g/mol. The Balaban J connectivity index is 3.00. The highest BCUT2D eigenvalue weighted by atomic mass is 35.5. The summed E-state index contributed by atoms with van der Waals surface area (Å²) in [5, 5.41) is 8.96. The first-order valence-electron chi connectivity index (χ1n) is 7.26. The van der Waals surface area contributed by atoms with Crippen LogP contribution in [0.3, 0.4) is 0 Å². The van der Waals surface area contributed by atoms with Gasteiger partial charge < -0.3 is 15.7 Å². The maximum atomic E-state index is 10.9. The number of halogens is 2. The van der Waals surface area contributed by atoms with Gasteiger partial charge in [0.15, 0.2) is 0 Å². The van der Waals surface area contributed by atoms with Gasteiger partial charge in [-0.1, -0.05) is 6.07 Å². The summed E-state index contributed by atoms with van der Waals surface area (Å²) >= 11 is 11.7. The summed E-state index contributed by atoms with van der Waals surface area (Å²) in [6, 6.07) is 6.11. The van der Waals surface area contributed by atoms with Gasteiger partial charge in [-0.05, 0) is 43.5 Å². The van der Waals surface area contributed by atoms with Gasteiger partial charge in [0.05, 0.1) is 6.42 Å². The Labute approximate surface area is 142 Å². The molecule has 0 radical (unpaired) electrons. The number of hydrogen-bond donors (Lipinski definition) is 2. The SMILES string of the molecule is Cc1ccc(N(CCCl)CCCl)cc1C[C@](C)(N)CC(=O)O. The van der Waals surface area contributed by atoms with Crippen molar-refractivity contribution in [1.82, 2.24) is 0 Å². The largest absolute Gasteiger partial charge is 0.481 e. The van der Waals surface area contributed by atoms with Crippen LogP contribution in [0.15, 0.2) is 18.2 Å². The van der Waals surface area contributed by atoms with Gasteiger partial charge in [-0.2, -0.15) is 0 Å². The van der Waals surface area contributed by atoms with Gasteiger partial charge >= 0.3 is 5.97 Å². The third kappa shape index (κ3) is 6.03. The van der Waals surface area contributed by atoms with E-state index < -0.39 is 11.5 Å². The summed E-state index contributed by atoms with van der Waals surface area (Å²) in [4.78, 5) is 13.0. The molecule has 6 heteroatoms. The Hall–Kier alpha value is -0.970. The van der Waals surface area contributed by atoms with Crippen molar-refractivity contribution in [3.8, 4) is 0 Å². The Morgan fingerprint density at radius 1 is 1.32 bits per heavy atom. The molecule has 1 aromatic carbocycles. The van der Waals surface area contributed by atoms with E-state index in [0.29, 0.717) is 31.3 Å². The van der Waals surface area contributed by atoms with E-state index in [2.05, 4.69) is 11.0 Å². The average Bonchev–Trinajstić information content (AvgIpc) is 2.39. The van der Waals surface area contributed by atoms with Gasteiger partial charge in [-0.3, -0.25) is 4.79 Å². The topological polar surface area (TPSA) is 66.6 Å². The van der Waals surface area contributed by atoms with Crippen LogP contribution < -0.4 is 10.6 Å². The lowest BCUT2D eigenvalue weighted by Crippen LogP contribution is -2.41. The minimum atomic E-state index is -0.885. The third-order valence-electron chi connectivity index (χ3n) is 3.56. The highest BCUT2D eigenvalue weighted by Crippen LogP contribution is 2.24. The minimum Gasteiger partial charge on any atom is -0.481 e. The molecule has 0 aromatic heterocycles. The molecule has 22 heavy (non-hydrogen) atoms. The molecule has 0 aliphatic carbocycles. The molecule has 0 amide bonds. The molecule has 0 aliphatic rings. The second-order valence-corrected chi connectivity index (χ2v) is 6.63. The summed E-state index contributed by atoms with van der Waals surface area (Å²) in [6.07, 6.45) is 0.443. The Morgan fingerprint density at radius 3 is 2.41 bits per heavy atom. The fraction of sp³-hybridized carbons (Fsp3) is 0.562. The second kappa shape index (κ2) is 8.61. The molecule has 0 bridgehead atoms. The zero-order valence-electron chi connectivity index (χ0n) is 13.1. The number of nitrogens with two attached hydrogens (primary N) is 1. The van der Waals surface area contributed by atoms with E-state index >= 15 is 0 Å². The van der Waals surface area contributed by atoms with E-state index in [-0.39, 0.29) is 6.42 Å². The van der Waals surface area contributed by atoms with Crippen molar-refractivity contribution in [2.75, 3.05) is 29.7 Å². The van der Waals surface area contributed by atoms with Crippen LogP contribution >= 0.6 is 23.2 Å². The first kappa shape index (κ1) is 19.1. The predicted molar refractivity (Wildman–Crippen MR) is 93.4 cm³/mol. The van der Waals surface area contributed by atoms with Crippen molar-refractivity contribution in [1.29, 1.82) is 0 Å². The van der Waals surface area contributed by atoms with Gasteiger partial charge in [-0.15, -0.1) is 23.2 Å². The lowest BCUT2D eigenvalue weighted by Gasteiger charge is -2.27. The molecule has 0 heterocycles. The highest BCUT2D eigenvalue weighted by Gasteiger charge is 2.24. The first-order valence-corrected chi connectivity index (χ1v) is 8.33. The third-order valence-corrected chi connectivity index (χ3v) is 3.89. The van der Waals surface area contributed by atoms with Crippen molar-refractivity contribution in [3.05, 3.63) is 29.3 Å². The van der Waals surface area contributed by atoms with E-state index in [1.54, 1.807) is 6.92 Å². The van der Waals surface area contributed by atoms with Crippen LogP contribution in [-0.2, 0) is 11.2 Å². The molecule has 0 fully saturated rings. The minimum absolute atomic E-state index is 0.0657. The number of anilines is 1. The zero-order valence-corrected chi connectivity index (χ0v) is 14.6. The maximum absolute atomic E-state index is 10.9. The van der Waals surface area contributed by atoms with Crippen LogP contribution in [0.5, 0.6) is 0 Å². The molecule has 0 unspecified atom stereocenters. The normalized spacial score (nSPS) is 13.7. The van der Waals surface area contributed by atoms with Crippen LogP contribution in [0.25, 0.3) is 0 Å². The Kier molecular flexibility index (Phi) is 7.46. The first-order chi connectivity index (χ1) is 10.3. The highest BCUT2D eigenvalue weighted by molar-refractivity contribution is 6.18. The van der Waals surface area contributed by atoms with Crippen LogP contribution in [0.2, 0.25) is 0 Å². The summed E-state index contributed by atoms with van der Waals surface area (Å²) in [5.41, 5.74) is 8.54. The quantitative estimate of drug-likeness (QED) is 0.674. The van der Waals surface area contributed by atoms with Crippen molar-refractivity contribution in [2.45, 2.75) is 32.2 Å². The number of nitrogens with zero attached hydrogens (tertiary/aromatic N) is 1. The molecule has 124 valence electrons. The van der Waals surface area contributed by atoms with Crippen molar-refractivity contribution in [3.63, 3.8) is 0 Å². The molecule has 0 aliphatic heterocycles. The number of carboxylic acids is 1. The summed E-state index contributed by atoms with van der Waals surface area (Å²) in [5.74, 6) is 0.159. The summed E-state index contributed by atoms with van der Waals surface area (Å²) < 4.78 is 0. The van der Waals surface area contributed by atoms with Crippen LogP contribution in [0.4, 0.5) is 5.69 Å². The Morgan fingerprint density at radius 2 is 1.91 bits per heavy atom. The Bertz CT molecular complexity index is 501. The number of carboxylic acid groups (broad SMARTS) is 1. The van der Waals surface area contributed by atoms with Gasteiger partial charge in [0.2, 0.25) is 0 Å². The molecular weight excluding hydrogens is 323 g/mol. The van der Waals surface area contributed by atoms with Crippen LogP contribution in [-0.4, -0.2) is 41.5 Å². The lowest BCUT2D eigenvalue weighted by molar-refractivity contribution is -0.138. The van der Waals surface area contributed by atoms with E-state index in [9.17, 15) is 4.79 Å². The number of carbonyl (C=O) groups is 1. The molecule has 4 nitrogen and oxygen atoms in total. The van der Waals surface area contributed by atoms with E-state index in [4.69, 9.17) is 34.0 Å². The lowest BCUT2D eigenvalue weighted by atomic mass is 9.88. The predicted octanol–water partition coefficient (Wildman–Crippen LogP) is 3.01. The molecule has 0 saturated heterocycles. The molecular formula is C16H24Cl2N2O2. The fourth-order valence-corrected chi connectivity index (χ4v) is 2.87. The van der Waals surface area contributed by atoms with E-state index in [1.807, 2.05) is 19.1 Å². The standard InChI is InChI=1S/C16H24Cl2N2O2/c1-12-3-4-14(20(7-5-17)8-6-18)9-13(12)10-16(2,19)11-15(21)22/h3-4,9H,5-8,10-11,19H2,1-2H3,(H,21,22)/t16-/m0/s1. The van der Waals surface area contributed by atoms with E-state index in [1.165, 1.54) is 0 Å². The number of aliphatic carboxylic acids is 1. The van der Waals surface area contributed by atoms with Crippen molar-refractivity contribution >= 4 is 34.9 Å². The van der Waals surface area contributed by atoms with Crippen molar-refractivity contribution < 1.29 is 9.90 Å². The molecule has 1 aromatic rings. The summed E-state index contributed by atoms with van der Waals surface area (Å²) in [6.45, 7) is 5.20. The molecule has 0 saturated carbocycles. The van der Waals surface area contributed by atoms with Gasteiger partial charge in [0, 0.05) is 36.1 Å². The number of aryl methyl sites for hydroxylation is 1. The van der Waals surface area contributed by atoms with Gasteiger partial charge in [0.1, 0.15) is 0 Å². The number of rotatable bonds is 9. The van der Waals surface area contributed by atoms with Gasteiger partial charge in [0.25, 0.3) is 0 Å². The molecule has 0 spiro atoms. The molecule has 1 atom stereocenters. The number of benzene rings is 1. The molecule has 1 rings (SSSR count). The zero-order chi connectivity index (χ0) is 16.8. The molecule has 3 N–H and O–H groups in total. The number of hydrogen-bond acceptors (Lipinski definition) is 3. The maximum Gasteiger partial charge on any atom is 0.305 e. The monoisotopic (exact) mass is 346 g/mol. The van der Waals surface area contributed by atoms with Crippen LogP contribution in [0, 0.1) is 6.92 Å². The smallest absolute Gasteiger partial charge is 0.305 e. The number of alkyl halides is 2.